The SMILES string of the molecule is CCSc1nnc(NC(=O)CN(c2ccc(C(C)C)cc2)S(=O)(=O)c2ccc(C)cc2)s1. The first-order valence-corrected chi connectivity index (χ1v) is 13.4. The molecule has 1 N–H and O–H groups in total. The van der Waals surface area contributed by atoms with Crippen molar-refractivity contribution in [2.75, 3.05) is 21.9 Å². The van der Waals surface area contributed by atoms with Crippen LogP contribution in [0, 0.1) is 6.92 Å². The van der Waals surface area contributed by atoms with Gasteiger partial charge in [0.25, 0.3) is 10.0 Å². The Kier molecular flexibility index (Phi) is 7.91. The van der Waals surface area contributed by atoms with Gasteiger partial charge >= 0.3 is 0 Å². The van der Waals surface area contributed by atoms with Crippen LogP contribution in [0.5, 0.6) is 0 Å². The van der Waals surface area contributed by atoms with Gasteiger partial charge in [0.1, 0.15) is 6.54 Å². The number of benzene rings is 2. The zero-order valence-corrected chi connectivity index (χ0v) is 20.9. The second-order valence-corrected chi connectivity index (χ2v) is 11.8. The van der Waals surface area contributed by atoms with Crippen LogP contribution in [-0.4, -0.2) is 36.8 Å². The van der Waals surface area contributed by atoms with E-state index in [1.807, 2.05) is 26.0 Å². The van der Waals surface area contributed by atoms with Crippen molar-refractivity contribution in [2.45, 2.75) is 42.8 Å². The van der Waals surface area contributed by atoms with E-state index in [4.69, 9.17) is 0 Å². The number of sulfonamides is 1. The van der Waals surface area contributed by atoms with Gasteiger partial charge in [-0.25, -0.2) is 8.42 Å². The molecule has 0 aliphatic carbocycles. The fourth-order valence-corrected chi connectivity index (χ4v) is 6.00. The molecule has 1 heterocycles. The maximum absolute atomic E-state index is 13.5. The maximum atomic E-state index is 13.5. The first-order chi connectivity index (χ1) is 15.2. The summed E-state index contributed by atoms with van der Waals surface area (Å²) in [5.41, 5.74) is 2.46. The van der Waals surface area contributed by atoms with E-state index in [9.17, 15) is 13.2 Å². The molecule has 0 saturated carbocycles. The van der Waals surface area contributed by atoms with Gasteiger partial charge in [0, 0.05) is 0 Å². The van der Waals surface area contributed by atoms with Crippen molar-refractivity contribution >= 4 is 49.8 Å². The van der Waals surface area contributed by atoms with Gasteiger partial charge in [-0.2, -0.15) is 0 Å². The molecule has 0 radical (unpaired) electrons. The van der Waals surface area contributed by atoms with Crippen molar-refractivity contribution in [3.05, 3.63) is 59.7 Å². The third kappa shape index (κ3) is 5.87. The number of carbonyl (C=O) groups excluding carboxylic acids is 1. The van der Waals surface area contributed by atoms with Crippen LogP contribution in [0.3, 0.4) is 0 Å². The maximum Gasteiger partial charge on any atom is 0.264 e. The van der Waals surface area contributed by atoms with Crippen LogP contribution in [0.2, 0.25) is 0 Å². The third-order valence-electron chi connectivity index (χ3n) is 4.66. The minimum atomic E-state index is -3.96. The Morgan fingerprint density at radius 2 is 1.75 bits per heavy atom. The molecule has 7 nitrogen and oxygen atoms in total. The average molecular weight is 491 g/mol. The van der Waals surface area contributed by atoms with Crippen LogP contribution in [0.4, 0.5) is 10.8 Å². The number of hydrogen-bond donors (Lipinski definition) is 1. The topological polar surface area (TPSA) is 92.3 Å². The lowest BCUT2D eigenvalue weighted by Gasteiger charge is -2.24. The molecule has 0 bridgehead atoms. The van der Waals surface area contributed by atoms with Crippen LogP contribution in [0.15, 0.2) is 57.8 Å². The van der Waals surface area contributed by atoms with Gasteiger partial charge in [-0.15, -0.1) is 10.2 Å². The molecule has 3 aromatic rings. The molecule has 1 aromatic heterocycles. The molecule has 0 saturated heterocycles. The van der Waals surface area contributed by atoms with Crippen LogP contribution < -0.4 is 9.62 Å². The number of anilines is 2. The van der Waals surface area contributed by atoms with Gasteiger partial charge in [0.15, 0.2) is 4.34 Å². The Morgan fingerprint density at radius 1 is 1.09 bits per heavy atom. The lowest BCUT2D eigenvalue weighted by molar-refractivity contribution is -0.114. The van der Waals surface area contributed by atoms with E-state index in [-0.39, 0.29) is 11.4 Å². The molecule has 0 atom stereocenters. The molecule has 3 rings (SSSR count). The number of aryl methyl sites for hydroxylation is 1. The van der Waals surface area contributed by atoms with Gasteiger partial charge in [0.05, 0.1) is 10.6 Å². The monoisotopic (exact) mass is 490 g/mol. The zero-order chi connectivity index (χ0) is 23.3. The summed E-state index contributed by atoms with van der Waals surface area (Å²) in [6.07, 6.45) is 0. The largest absolute Gasteiger partial charge is 0.299 e. The van der Waals surface area contributed by atoms with Crippen molar-refractivity contribution in [3.63, 3.8) is 0 Å². The van der Waals surface area contributed by atoms with Crippen LogP contribution in [0.1, 0.15) is 37.8 Å². The number of carbonyl (C=O) groups is 1. The van der Waals surface area contributed by atoms with Crippen LogP contribution >= 0.6 is 23.1 Å². The van der Waals surface area contributed by atoms with Crippen molar-refractivity contribution in [3.8, 4) is 0 Å². The summed E-state index contributed by atoms with van der Waals surface area (Å²) in [4.78, 5) is 12.9. The van der Waals surface area contributed by atoms with E-state index in [1.54, 1.807) is 36.4 Å². The third-order valence-corrected chi connectivity index (χ3v) is 8.31. The highest BCUT2D eigenvalue weighted by Gasteiger charge is 2.27. The summed E-state index contributed by atoms with van der Waals surface area (Å²) in [5.74, 6) is 0.664. The molecule has 0 unspecified atom stereocenters. The van der Waals surface area contributed by atoms with E-state index in [0.717, 1.165) is 25.5 Å². The first-order valence-electron chi connectivity index (χ1n) is 10.2. The number of hydrogen-bond acceptors (Lipinski definition) is 7. The highest BCUT2D eigenvalue weighted by atomic mass is 32.2. The van der Waals surface area contributed by atoms with E-state index >= 15 is 0 Å². The molecule has 10 heteroatoms. The zero-order valence-electron chi connectivity index (χ0n) is 18.4. The molecule has 32 heavy (non-hydrogen) atoms. The predicted molar refractivity (Wildman–Crippen MR) is 131 cm³/mol. The summed E-state index contributed by atoms with van der Waals surface area (Å²) < 4.78 is 28.8. The fourth-order valence-electron chi connectivity index (χ4n) is 2.91. The number of rotatable bonds is 9. The normalized spacial score (nSPS) is 11.5. The summed E-state index contributed by atoms with van der Waals surface area (Å²) >= 11 is 2.79. The van der Waals surface area contributed by atoms with Crippen molar-refractivity contribution in [1.82, 2.24) is 10.2 Å². The van der Waals surface area contributed by atoms with Gasteiger partial charge < -0.3 is 0 Å². The van der Waals surface area contributed by atoms with Gasteiger partial charge in [-0.05, 0) is 48.4 Å². The fraction of sp³-hybridized carbons (Fsp3) is 0.318. The van der Waals surface area contributed by atoms with Crippen molar-refractivity contribution in [1.29, 1.82) is 0 Å². The Labute approximate surface area is 197 Å². The lowest BCUT2D eigenvalue weighted by Crippen LogP contribution is -2.38. The number of aromatic nitrogens is 2. The molecule has 1 amide bonds. The average Bonchev–Trinajstić information content (AvgIpc) is 3.19. The Bertz CT molecular complexity index is 1160. The molecule has 0 fully saturated rings. The molecule has 0 spiro atoms. The Morgan fingerprint density at radius 3 is 2.34 bits per heavy atom. The van der Waals surface area contributed by atoms with Crippen LogP contribution in [0.25, 0.3) is 0 Å². The van der Waals surface area contributed by atoms with Crippen LogP contribution in [-0.2, 0) is 14.8 Å². The molecular weight excluding hydrogens is 464 g/mol. The van der Waals surface area contributed by atoms with Gasteiger partial charge in [-0.3, -0.25) is 14.4 Å². The highest BCUT2D eigenvalue weighted by Crippen LogP contribution is 2.27. The number of thioether (sulfide) groups is 1. The summed E-state index contributed by atoms with van der Waals surface area (Å²) in [6.45, 7) is 7.64. The first kappa shape index (κ1) is 24.2. The Hall–Kier alpha value is -2.43. The standard InChI is InChI=1S/C22H26N4O3S3/c1-5-30-22-25-24-21(31-22)23-20(27)14-26(18-10-8-17(9-11-18)15(2)3)32(28,29)19-12-6-16(4)7-13-19/h6-13,15H,5,14H2,1-4H3,(H,23,24,27). The van der Waals surface area contributed by atoms with Crippen molar-refractivity contribution < 1.29 is 13.2 Å². The van der Waals surface area contributed by atoms with E-state index < -0.39 is 15.9 Å². The quantitative estimate of drug-likeness (QED) is 0.338. The summed E-state index contributed by atoms with van der Waals surface area (Å²) in [6, 6.07) is 13.8. The molecular formula is C22H26N4O3S3. The predicted octanol–water partition coefficient (Wildman–Crippen LogP) is 4.92. The summed E-state index contributed by atoms with van der Waals surface area (Å²) in [7, 11) is -3.96. The van der Waals surface area contributed by atoms with E-state index in [0.29, 0.717) is 16.7 Å². The highest BCUT2D eigenvalue weighted by molar-refractivity contribution is 8.01. The van der Waals surface area contributed by atoms with E-state index in [2.05, 4.69) is 29.4 Å². The number of nitrogens with one attached hydrogen (secondary N) is 1. The van der Waals surface area contributed by atoms with Crippen molar-refractivity contribution in [2.24, 2.45) is 0 Å². The van der Waals surface area contributed by atoms with E-state index in [1.165, 1.54) is 23.1 Å². The number of amides is 1. The number of nitrogens with zero attached hydrogens (tertiary/aromatic N) is 3. The molecule has 0 aliphatic heterocycles. The molecule has 170 valence electrons. The minimum absolute atomic E-state index is 0.126. The second kappa shape index (κ2) is 10.5. The Balaban J connectivity index is 1.90. The molecule has 0 aliphatic rings. The van der Waals surface area contributed by atoms with Gasteiger partial charge in [-0.1, -0.05) is 73.7 Å². The minimum Gasteiger partial charge on any atom is -0.299 e. The van der Waals surface area contributed by atoms with Gasteiger partial charge in [0.2, 0.25) is 11.0 Å². The second-order valence-electron chi connectivity index (χ2n) is 7.43. The molecule has 2 aromatic carbocycles. The summed E-state index contributed by atoms with van der Waals surface area (Å²) in [5, 5.41) is 11.0. The lowest BCUT2D eigenvalue weighted by atomic mass is 10.0. The smallest absolute Gasteiger partial charge is 0.264 e.